The molecule has 0 amide bonds. The monoisotopic (exact) mass is 333 g/mol. The number of benzene rings is 2. The first-order valence-corrected chi connectivity index (χ1v) is 8.27. The lowest BCUT2D eigenvalue weighted by Crippen LogP contribution is -2.24. The number of aryl methyl sites for hydroxylation is 2. The molecule has 1 N–H and O–H groups in total. The van der Waals surface area contributed by atoms with E-state index in [1.54, 1.807) is 11.7 Å². The Bertz CT molecular complexity index is 1120. The van der Waals surface area contributed by atoms with Crippen LogP contribution in [0.5, 0.6) is 5.75 Å². The van der Waals surface area contributed by atoms with E-state index in [4.69, 9.17) is 4.74 Å². The lowest BCUT2D eigenvalue weighted by atomic mass is 10.1. The van der Waals surface area contributed by atoms with Crippen LogP contribution in [0.1, 0.15) is 11.4 Å². The van der Waals surface area contributed by atoms with Crippen molar-refractivity contribution < 1.29 is 4.74 Å². The molecule has 4 aromatic rings. The molecule has 2 aromatic heterocycles. The topological polar surface area (TPSA) is 59.9 Å². The van der Waals surface area contributed by atoms with Gasteiger partial charge in [-0.1, -0.05) is 12.1 Å². The quantitative estimate of drug-likeness (QED) is 0.622. The summed E-state index contributed by atoms with van der Waals surface area (Å²) in [6.45, 7) is 2.48. The maximum atomic E-state index is 12.8. The molecule has 0 spiro atoms. The Kier molecular flexibility index (Phi) is 3.76. The molecular weight excluding hydrogens is 314 g/mol. The van der Waals surface area contributed by atoms with E-state index in [2.05, 4.69) is 9.97 Å². The predicted octanol–water partition coefficient (Wildman–Crippen LogP) is 3.44. The third-order valence-electron chi connectivity index (χ3n) is 4.63. The van der Waals surface area contributed by atoms with Crippen LogP contribution in [0.3, 0.4) is 0 Å². The molecule has 5 nitrogen and oxygen atoms in total. The van der Waals surface area contributed by atoms with E-state index < -0.39 is 0 Å². The Morgan fingerprint density at radius 1 is 1.16 bits per heavy atom. The fourth-order valence-electron chi connectivity index (χ4n) is 3.27. The highest BCUT2D eigenvalue weighted by Crippen LogP contribution is 2.23. The zero-order valence-electron chi connectivity index (χ0n) is 14.2. The Hall–Kier alpha value is -3.08. The van der Waals surface area contributed by atoms with E-state index in [0.29, 0.717) is 11.9 Å². The van der Waals surface area contributed by atoms with Crippen LogP contribution < -0.4 is 10.3 Å². The standard InChI is InChI=1S/C20H19N3O2/c1-13-22-18-6-4-3-5-17(18)20(24)23(13)10-9-14-12-21-19-11-15(25-2)7-8-16(14)19/h3-8,11-12,21H,9-10H2,1-2H3. The van der Waals surface area contributed by atoms with E-state index in [-0.39, 0.29) is 5.56 Å². The number of H-pyrrole nitrogens is 1. The second-order valence-electron chi connectivity index (χ2n) is 6.11. The average Bonchev–Trinajstić information content (AvgIpc) is 3.03. The number of aromatic amines is 1. The molecule has 0 unspecified atom stereocenters. The summed E-state index contributed by atoms with van der Waals surface area (Å²) >= 11 is 0. The summed E-state index contributed by atoms with van der Waals surface area (Å²) in [7, 11) is 1.66. The normalized spacial score (nSPS) is 11.3. The van der Waals surface area contributed by atoms with Gasteiger partial charge in [-0.3, -0.25) is 9.36 Å². The number of ether oxygens (including phenoxy) is 1. The lowest BCUT2D eigenvalue weighted by molar-refractivity contribution is 0.415. The van der Waals surface area contributed by atoms with Crippen LogP contribution in [0.4, 0.5) is 0 Å². The van der Waals surface area contributed by atoms with Crippen LogP contribution in [0.25, 0.3) is 21.8 Å². The summed E-state index contributed by atoms with van der Waals surface area (Å²) in [5.41, 5.74) is 2.98. The van der Waals surface area contributed by atoms with E-state index in [9.17, 15) is 4.79 Å². The van der Waals surface area contributed by atoms with Crippen LogP contribution >= 0.6 is 0 Å². The molecule has 0 fully saturated rings. The SMILES string of the molecule is COc1ccc2c(CCn3c(C)nc4ccccc4c3=O)c[nH]c2c1. The molecule has 25 heavy (non-hydrogen) atoms. The van der Waals surface area contributed by atoms with Crippen LogP contribution in [-0.2, 0) is 13.0 Å². The summed E-state index contributed by atoms with van der Waals surface area (Å²) in [6, 6.07) is 13.5. The molecule has 4 rings (SSSR count). The number of methoxy groups -OCH3 is 1. The van der Waals surface area contributed by atoms with Crippen molar-refractivity contribution in [1.82, 2.24) is 14.5 Å². The maximum Gasteiger partial charge on any atom is 0.261 e. The highest BCUT2D eigenvalue weighted by Gasteiger charge is 2.10. The van der Waals surface area contributed by atoms with E-state index >= 15 is 0 Å². The minimum absolute atomic E-state index is 0.0182. The molecule has 0 atom stereocenters. The molecular formula is C20H19N3O2. The van der Waals surface area contributed by atoms with Gasteiger partial charge in [-0.05, 0) is 43.2 Å². The third-order valence-corrected chi connectivity index (χ3v) is 4.63. The zero-order chi connectivity index (χ0) is 17.4. The molecule has 126 valence electrons. The number of hydrogen-bond donors (Lipinski definition) is 1. The minimum Gasteiger partial charge on any atom is -0.497 e. The van der Waals surface area contributed by atoms with Crippen molar-refractivity contribution in [3.8, 4) is 5.75 Å². The van der Waals surface area contributed by atoms with Gasteiger partial charge in [0, 0.05) is 29.7 Å². The van der Waals surface area contributed by atoms with Gasteiger partial charge in [0.15, 0.2) is 0 Å². The average molecular weight is 333 g/mol. The smallest absolute Gasteiger partial charge is 0.261 e. The Morgan fingerprint density at radius 2 is 2.00 bits per heavy atom. The van der Waals surface area contributed by atoms with Crippen LogP contribution in [0.15, 0.2) is 53.5 Å². The van der Waals surface area contributed by atoms with Gasteiger partial charge in [-0.15, -0.1) is 0 Å². The molecule has 0 aliphatic carbocycles. The summed E-state index contributed by atoms with van der Waals surface area (Å²) in [5.74, 6) is 1.57. The second-order valence-corrected chi connectivity index (χ2v) is 6.11. The van der Waals surface area contributed by atoms with Crippen molar-refractivity contribution in [2.24, 2.45) is 0 Å². The summed E-state index contributed by atoms with van der Waals surface area (Å²) < 4.78 is 7.01. The van der Waals surface area contributed by atoms with Crippen LogP contribution in [-0.4, -0.2) is 21.6 Å². The van der Waals surface area contributed by atoms with E-state index in [1.807, 2.05) is 55.6 Å². The number of rotatable bonds is 4. The first-order chi connectivity index (χ1) is 12.2. The number of para-hydroxylation sites is 1. The fourth-order valence-corrected chi connectivity index (χ4v) is 3.27. The van der Waals surface area contributed by atoms with E-state index in [0.717, 1.165) is 34.4 Å². The van der Waals surface area contributed by atoms with Crippen molar-refractivity contribution >= 4 is 21.8 Å². The van der Waals surface area contributed by atoms with E-state index in [1.165, 1.54) is 5.56 Å². The summed E-state index contributed by atoms with van der Waals surface area (Å²) in [4.78, 5) is 20.6. The molecule has 5 heteroatoms. The van der Waals surface area contributed by atoms with Gasteiger partial charge in [-0.2, -0.15) is 0 Å². The number of hydrogen-bond acceptors (Lipinski definition) is 3. The Morgan fingerprint density at radius 3 is 2.84 bits per heavy atom. The predicted molar refractivity (Wildman–Crippen MR) is 99.3 cm³/mol. The molecule has 2 heterocycles. The molecule has 2 aromatic carbocycles. The van der Waals surface area contributed by atoms with Crippen molar-refractivity contribution in [2.45, 2.75) is 19.9 Å². The number of aromatic nitrogens is 3. The van der Waals surface area contributed by atoms with Gasteiger partial charge in [0.2, 0.25) is 0 Å². The summed E-state index contributed by atoms with van der Waals surface area (Å²) in [5, 5.41) is 1.82. The number of nitrogens with zero attached hydrogens (tertiary/aromatic N) is 2. The van der Waals surface area contributed by atoms with Crippen molar-refractivity contribution in [3.63, 3.8) is 0 Å². The Labute approximate surface area is 144 Å². The van der Waals surface area contributed by atoms with Gasteiger partial charge in [0.05, 0.1) is 18.0 Å². The van der Waals surface area contributed by atoms with Crippen LogP contribution in [0, 0.1) is 6.92 Å². The molecule has 0 bridgehead atoms. The van der Waals surface area contributed by atoms with Gasteiger partial charge in [-0.25, -0.2) is 4.98 Å². The molecule has 0 saturated heterocycles. The van der Waals surface area contributed by atoms with Gasteiger partial charge in [0.25, 0.3) is 5.56 Å². The molecule has 0 radical (unpaired) electrons. The van der Waals surface area contributed by atoms with Crippen molar-refractivity contribution in [3.05, 3.63) is 70.4 Å². The Balaban J connectivity index is 1.68. The van der Waals surface area contributed by atoms with Crippen LogP contribution in [0.2, 0.25) is 0 Å². The molecule has 0 saturated carbocycles. The number of fused-ring (bicyclic) bond motifs is 2. The van der Waals surface area contributed by atoms with Crippen molar-refractivity contribution in [1.29, 1.82) is 0 Å². The molecule has 0 aliphatic heterocycles. The molecule has 0 aliphatic rings. The lowest BCUT2D eigenvalue weighted by Gasteiger charge is -2.10. The highest BCUT2D eigenvalue weighted by molar-refractivity contribution is 5.84. The zero-order valence-corrected chi connectivity index (χ0v) is 14.2. The van der Waals surface area contributed by atoms with Gasteiger partial charge >= 0.3 is 0 Å². The largest absolute Gasteiger partial charge is 0.497 e. The second kappa shape index (κ2) is 6.09. The minimum atomic E-state index is 0.0182. The first-order valence-electron chi connectivity index (χ1n) is 8.27. The first kappa shape index (κ1) is 15.4. The van der Waals surface area contributed by atoms with Gasteiger partial charge in [0.1, 0.15) is 11.6 Å². The van der Waals surface area contributed by atoms with Gasteiger partial charge < -0.3 is 9.72 Å². The fraction of sp³-hybridized carbons (Fsp3) is 0.200. The third kappa shape index (κ3) is 2.67. The number of nitrogens with one attached hydrogen (secondary N) is 1. The van der Waals surface area contributed by atoms with Crippen molar-refractivity contribution in [2.75, 3.05) is 7.11 Å². The summed E-state index contributed by atoms with van der Waals surface area (Å²) in [6.07, 6.45) is 2.76. The highest BCUT2D eigenvalue weighted by atomic mass is 16.5. The maximum absolute atomic E-state index is 12.8.